The molecular weight excluding hydrogens is 400 g/mol. The summed E-state index contributed by atoms with van der Waals surface area (Å²) in [6.07, 6.45) is 0.604. The molecule has 0 saturated carbocycles. The number of hydrogen-bond donors (Lipinski definition) is 1. The molecule has 1 N–H and O–H groups in total. The maximum Gasteiger partial charge on any atom is 0.278 e. The van der Waals surface area contributed by atoms with E-state index in [-0.39, 0.29) is 11.8 Å². The number of para-hydroxylation sites is 1. The molecule has 0 saturated heterocycles. The lowest BCUT2D eigenvalue weighted by molar-refractivity contribution is -0.136. The van der Waals surface area contributed by atoms with E-state index >= 15 is 0 Å². The number of nitrogens with one attached hydrogen (secondary N) is 1. The summed E-state index contributed by atoms with van der Waals surface area (Å²) >= 11 is 0. The monoisotopic (exact) mass is 426 g/mol. The maximum absolute atomic E-state index is 13.4. The molecule has 3 aromatic rings. The van der Waals surface area contributed by atoms with Crippen molar-refractivity contribution in [3.63, 3.8) is 0 Å². The van der Waals surface area contributed by atoms with Crippen LogP contribution in [0.4, 0.5) is 5.69 Å². The Hall–Kier alpha value is -3.86. The summed E-state index contributed by atoms with van der Waals surface area (Å²) < 4.78 is 5.52. The molecule has 0 aromatic heterocycles. The van der Waals surface area contributed by atoms with Crippen molar-refractivity contribution in [1.82, 2.24) is 4.90 Å². The minimum absolute atomic E-state index is 0.286. The van der Waals surface area contributed by atoms with Gasteiger partial charge in [0.15, 0.2) is 0 Å². The first-order valence-electron chi connectivity index (χ1n) is 10.8. The first-order valence-corrected chi connectivity index (χ1v) is 10.8. The number of carbonyl (C=O) groups excluding carboxylic acids is 2. The van der Waals surface area contributed by atoms with E-state index in [0.717, 1.165) is 22.6 Å². The second kappa shape index (κ2) is 9.52. The number of carbonyl (C=O) groups is 2. The predicted molar refractivity (Wildman–Crippen MR) is 126 cm³/mol. The Kier molecular flexibility index (Phi) is 6.36. The fraction of sp³-hybridized carbons (Fsp3) is 0.185. The van der Waals surface area contributed by atoms with Crippen LogP contribution < -0.4 is 10.1 Å². The molecule has 1 aliphatic rings. The highest BCUT2D eigenvalue weighted by atomic mass is 16.5. The van der Waals surface area contributed by atoms with Crippen LogP contribution in [0.15, 0.2) is 84.6 Å². The van der Waals surface area contributed by atoms with Crippen LogP contribution in [0.2, 0.25) is 0 Å². The molecule has 1 heterocycles. The minimum atomic E-state index is -0.307. The standard InChI is InChI=1S/C27H26N2O3/c1-3-32-22-15-13-21(14-16-22)24-25(28-23-12-8-7-9-19(23)2)27(31)29(26(24)30)18-17-20-10-5-4-6-11-20/h4-16,28H,3,17-18H2,1-2H3. The summed E-state index contributed by atoms with van der Waals surface area (Å²) in [7, 11) is 0. The lowest BCUT2D eigenvalue weighted by Gasteiger charge is -2.15. The van der Waals surface area contributed by atoms with E-state index < -0.39 is 0 Å². The minimum Gasteiger partial charge on any atom is -0.494 e. The molecule has 0 aliphatic carbocycles. The number of ether oxygens (including phenoxy) is 1. The third-order valence-electron chi connectivity index (χ3n) is 5.49. The first-order chi connectivity index (χ1) is 15.6. The highest BCUT2D eigenvalue weighted by molar-refractivity contribution is 6.36. The van der Waals surface area contributed by atoms with E-state index in [9.17, 15) is 9.59 Å². The molecule has 0 radical (unpaired) electrons. The quantitative estimate of drug-likeness (QED) is 0.524. The topological polar surface area (TPSA) is 58.6 Å². The van der Waals surface area contributed by atoms with Gasteiger partial charge in [0, 0.05) is 12.2 Å². The van der Waals surface area contributed by atoms with Gasteiger partial charge < -0.3 is 10.1 Å². The van der Waals surface area contributed by atoms with Gasteiger partial charge in [-0.25, -0.2) is 0 Å². The average molecular weight is 427 g/mol. The number of rotatable bonds is 8. The van der Waals surface area contributed by atoms with Crippen molar-refractivity contribution < 1.29 is 14.3 Å². The summed E-state index contributed by atoms with van der Waals surface area (Å²) in [5.41, 5.74) is 4.25. The van der Waals surface area contributed by atoms with Crippen molar-refractivity contribution in [2.75, 3.05) is 18.5 Å². The van der Waals surface area contributed by atoms with Gasteiger partial charge in [0.1, 0.15) is 11.4 Å². The van der Waals surface area contributed by atoms with Crippen molar-refractivity contribution in [2.45, 2.75) is 20.3 Å². The number of anilines is 1. The second-order valence-electron chi connectivity index (χ2n) is 7.64. The zero-order valence-electron chi connectivity index (χ0n) is 18.3. The van der Waals surface area contributed by atoms with Crippen LogP contribution in [0.5, 0.6) is 5.75 Å². The maximum atomic E-state index is 13.4. The summed E-state index contributed by atoms with van der Waals surface area (Å²) in [5, 5.41) is 3.24. The molecule has 162 valence electrons. The Bertz CT molecular complexity index is 1150. The summed E-state index contributed by atoms with van der Waals surface area (Å²) in [6.45, 7) is 4.77. The molecule has 0 fully saturated rings. The highest BCUT2D eigenvalue weighted by Gasteiger charge is 2.39. The van der Waals surface area contributed by atoms with E-state index in [2.05, 4.69) is 5.32 Å². The van der Waals surface area contributed by atoms with Crippen LogP contribution in [0, 0.1) is 6.92 Å². The van der Waals surface area contributed by atoms with Crippen LogP contribution in [-0.4, -0.2) is 29.9 Å². The molecule has 2 amide bonds. The lowest BCUT2D eigenvalue weighted by atomic mass is 10.0. The zero-order chi connectivity index (χ0) is 22.5. The summed E-state index contributed by atoms with van der Waals surface area (Å²) in [5.74, 6) is 0.132. The predicted octanol–water partition coefficient (Wildman–Crippen LogP) is 4.83. The fourth-order valence-corrected chi connectivity index (χ4v) is 3.78. The molecular formula is C27H26N2O3. The molecule has 0 spiro atoms. The second-order valence-corrected chi connectivity index (χ2v) is 7.64. The van der Waals surface area contributed by atoms with Gasteiger partial charge in [0.05, 0.1) is 12.2 Å². The Labute approximate surface area is 188 Å². The molecule has 5 nitrogen and oxygen atoms in total. The van der Waals surface area contributed by atoms with Gasteiger partial charge in [-0.2, -0.15) is 0 Å². The Morgan fingerprint density at radius 2 is 1.53 bits per heavy atom. The zero-order valence-corrected chi connectivity index (χ0v) is 18.3. The van der Waals surface area contributed by atoms with E-state index in [1.54, 1.807) is 0 Å². The van der Waals surface area contributed by atoms with Crippen LogP contribution in [0.1, 0.15) is 23.6 Å². The van der Waals surface area contributed by atoms with E-state index in [1.165, 1.54) is 4.90 Å². The summed E-state index contributed by atoms with van der Waals surface area (Å²) in [4.78, 5) is 28.1. The van der Waals surface area contributed by atoms with E-state index in [1.807, 2.05) is 92.7 Å². The number of imide groups is 1. The smallest absolute Gasteiger partial charge is 0.278 e. The number of amides is 2. The van der Waals surface area contributed by atoms with Crippen molar-refractivity contribution in [3.05, 3.63) is 101 Å². The van der Waals surface area contributed by atoms with Gasteiger partial charge in [-0.05, 0) is 55.2 Å². The molecule has 32 heavy (non-hydrogen) atoms. The van der Waals surface area contributed by atoms with Gasteiger partial charge in [0.2, 0.25) is 0 Å². The van der Waals surface area contributed by atoms with Crippen molar-refractivity contribution in [3.8, 4) is 5.75 Å². The van der Waals surface area contributed by atoms with Gasteiger partial charge >= 0.3 is 0 Å². The average Bonchev–Trinajstić information content (AvgIpc) is 3.04. The first kappa shape index (κ1) is 21.4. The Morgan fingerprint density at radius 1 is 0.844 bits per heavy atom. The Balaban J connectivity index is 1.67. The number of benzene rings is 3. The number of aryl methyl sites for hydroxylation is 1. The highest BCUT2D eigenvalue weighted by Crippen LogP contribution is 2.32. The molecule has 4 rings (SSSR count). The lowest BCUT2D eigenvalue weighted by Crippen LogP contribution is -2.34. The molecule has 0 bridgehead atoms. The van der Waals surface area contributed by atoms with Crippen LogP contribution in [0.3, 0.4) is 0 Å². The Morgan fingerprint density at radius 3 is 2.22 bits per heavy atom. The van der Waals surface area contributed by atoms with Crippen LogP contribution >= 0.6 is 0 Å². The normalized spacial score (nSPS) is 13.6. The van der Waals surface area contributed by atoms with Crippen molar-refractivity contribution in [2.24, 2.45) is 0 Å². The van der Waals surface area contributed by atoms with Crippen molar-refractivity contribution in [1.29, 1.82) is 0 Å². The van der Waals surface area contributed by atoms with Gasteiger partial charge in [-0.15, -0.1) is 0 Å². The van der Waals surface area contributed by atoms with Crippen LogP contribution in [-0.2, 0) is 16.0 Å². The van der Waals surface area contributed by atoms with Gasteiger partial charge in [-0.1, -0.05) is 60.7 Å². The van der Waals surface area contributed by atoms with Gasteiger partial charge in [0.25, 0.3) is 11.8 Å². The summed E-state index contributed by atoms with van der Waals surface area (Å²) in [6, 6.07) is 24.9. The van der Waals surface area contributed by atoms with Gasteiger partial charge in [-0.3, -0.25) is 14.5 Å². The van der Waals surface area contributed by atoms with Crippen LogP contribution in [0.25, 0.3) is 5.57 Å². The van der Waals surface area contributed by atoms with E-state index in [0.29, 0.717) is 36.4 Å². The largest absolute Gasteiger partial charge is 0.494 e. The number of hydrogen-bond acceptors (Lipinski definition) is 4. The molecule has 0 unspecified atom stereocenters. The fourth-order valence-electron chi connectivity index (χ4n) is 3.78. The van der Waals surface area contributed by atoms with E-state index in [4.69, 9.17) is 4.74 Å². The molecule has 5 heteroatoms. The van der Waals surface area contributed by atoms with Crippen molar-refractivity contribution >= 4 is 23.1 Å². The third-order valence-corrected chi connectivity index (χ3v) is 5.49. The molecule has 0 atom stereocenters. The molecule has 1 aliphatic heterocycles. The number of nitrogens with zero attached hydrogens (tertiary/aromatic N) is 1. The third kappa shape index (κ3) is 4.42. The SMILES string of the molecule is CCOc1ccc(C2=C(Nc3ccccc3C)C(=O)N(CCc3ccccc3)C2=O)cc1. The molecule has 3 aromatic carbocycles.